The normalized spacial score (nSPS) is 16.6. The highest BCUT2D eigenvalue weighted by Crippen LogP contribution is 2.47. The number of thiophene rings is 1. The van der Waals surface area contributed by atoms with Crippen LogP contribution >= 0.6 is 11.3 Å². The zero-order valence-corrected chi connectivity index (χ0v) is 12.5. The van der Waals surface area contributed by atoms with Crippen molar-refractivity contribution in [3.05, 3.63) is 71.1 Å². The summed E-state index contributed by atoms with van der Waals surface area (Å²) in [6.45, 7) is 0. The molecule has 1 fully saturated rings. The summed E-state index contributed by atoms with van der Waals surface area (Å²) in [4.78, 5) is 13.3. The van der Waals surface area contributed by atoms with Crippen molar-refractivity contribution < 1.29 is 4.79 Å². The molecule has 1 nitrogen and oxygen atoms in total. The molecule has 1 aliphatic rings. The highest BCUT2D eigenvalue weighted by atomic mass is 32.1. The number of fused-ring (bicyclic) bond motifs is 1. The van der Waals surface area contributed by atoms with E-state index in [1.165, 1.54) is 10.9 Å². The lowest BCUT2D eigenvalue weighted by molar-refractivity contribution is 0.0791. The van der Waals surface area contributed by atoms with Gasteiger partial charge in [0, 0.05) is 10.3 Å². The number of rotatable bonds is 3. The molecule has 1 aromatic heterocycles. The topological polar surface area (TPSA) is 17.1 Å². The summed E-state index contributed by atoms with van der Waals surface area (Å²) in [6, 6.07) is 18.5. The molecule has 104 valence electrons. The van der Waals surface area contributed by atoms with Crippen LogP contribution < -0.4 is 0 Å². The third-order valence-electron chi connectivity index (χ3n) is 4.69. The SMILES string of the molecule is O=C(c1cccc2ccsc12)C1(c2ccccc2)CCC1. The minimum atomic E-state index is -0.292. The van der Waals surface area contributed by atoms with E-state index in [4.69, 9.17) is 0 Å². The fourth-order valence-electron chi connectivity index (χ4n) is 3.36. The van der Waals surface area contributed by atoms with E-state index in [0.29, 0.717) is 5.78 Å². The number of Topliss-reactive ketones (excluding diaryl/α,β-unsaturated/α-hetero) is 1. The first-order valence-electron chi connectivity index (χ1n) is 7.38. The molecule has 2 heteroatoms. The van der Waals surface area contributed by atoms with Crippen molar-refractivity contribution in [2.45, 2.75) is 24.7 Å². The number of benzene rings is 2. The summed E-state index contributed by atoms with van der Waals surface area (Å²) in [5.74, 6) is 0.299. The van der Waals surface area contributed by atoms with E-state index < -0.39 is 0 Å². The Morgan fingerprint density at radius 3 is 2.48 bits per heavy atom. The van der Waals surface area contributed by atoms with Gasteiger partial charge in [0.1, 0.15) is 0 Å². The number of carbonyl (C=O) groups is 1. The van der Waals surface area contributed by atoms with Crippen LogP contribution in [-0.4, -0.2) is 5.78 Å². The Bertz CT molecular complexity index is 797. The molecular weight excluding hydrogens is 276 g/mol. The summed E-state index contributed by atoms with van der Waals surface area (Å²) in [5, 5.41) is 3.24. The van der Waals surface area contributed by atoms with Crippen LogP contribution in [0.4, 0.5) is 0 Å². The molecule has 0 aliphatic heterocycles. The van der Waals surface area contributed by atoms with Crippen LogP contribution in [0.15, 0.2) is 60.0 Å². The Balaban J connectivity index is 1.85. The minimum Gasteiger partial charge on any atom is -0.293 e. The highest BCUT2D eigenvalue weighted by Gasteiger charge is 2.46. The van der Waals surface area contributed by atoms with Gasteiger partial charge < -0.3 is 0 Å². The molecule has 0 amide bonds. The molecule has 1 heterocycles. The van der Waals surface area contributed by atoms with E-state index in [1.807, 2.05) is 30.3 Å². The van der Waals surface area contributed by atoms with Gasteiger partial charge in [0.2, 0.25) is 0 Å². The van der Waals surface area contributed by atoms with Crippen molar-refractivity contribution in [1.82, 2.24) is 0 Å². The van der Waals surface area contributed by atoms with Gasteiger partial charge in [-0.25, -0.2) is 0 Å². The van der Waals surface area contributed by atoms with Crippen molar-refractivity contribution in [2.75, 3.05) is 0 Å². The zero-order chi connectivity index (χ0) is 14.3. The maximum atomic E-state index is 13.3. The molecule has 0 atom stereocenters. The van der Waals surface area contributed by atoms with Crippen molar-refractivity contribution in [3.8, 4) is 0 Å². The van der Waals surface area contributed by atoms with E-state index >= 15 is 0 Å². The maximum Gasteiger partial charge on any atom is 0.174 e. The van der Waals surface area contributed by atoms with Gasteiger partial charge in [0.05, 0.1) is 5.41 Å². The van der Waals surface area contributed by atoms with Gasteiger partial charge in [-0.2, -0.15) is 0 Å². The van der Waals surface area contributed by atoms with Crippen LogP contribution in [0, 0.1) is 0 Å². The van der Waals surface area contributed by atoms with Crippen LogP contribution in [0.1, 0.15) is 35.2 Å². The Morgan fingerprint density at radius 1 is 0.952 bits per heavy atom. The summed E-state index contributed by atoms with van der Waals surface area (Å²) in [5.41, 5.74) is 1.78. The van der Waals surface area contributed by atoms with E-state index in [9.17, 15) is 4.79 Å². The predicted molar refractivity (Wildman–Crippen MR) is 88.1 cm³/mol. The van der Waals surface area contributed by atoms with E-state index in [1.54, 1.807) is 11.3 Å². The lowest BCUT2D eigenvalue weighted by atomic mass is 9.60. The summed E-state index contributed by atoms with van der Waals surface area (Å²) in [6.07, 6.45) is 3.08. The Labute approximate surface area is 128 Å². The van der Waals surface area contributed by atoms with Gasteiger partial charge in [-0.05, 0) is 41.3 Å². The van der Waals surface area contributed by atoms with Gasteiger partial charge in [0.15, 0.2) is 5.78 Å². The minimum absolute atomic E-state index is 0.292. The number of ketones is 1. The van der Waals surface area contributed by atoms with E-state index in [-0.39, 0.29) is 5.41 Å². The van der Waals surface area contributed by atoms with E-state index in [0.717, 1.165) is 29.5 Å². The first-order valence-corrected chi connectivity index (χ1v) is 8.26. The lowest BCUT2D eigenvalue weighted by Crippen LogP contribution is -2.42. The molecule has 21 heavy (non-hydrogen) atoms. The molecule has 0 spiro atoms. The van der Waals surface area contributed by atoms with E-state index in [2.05, 4.69) is 29.6 Å². The molecule has 0 unspecified atom stereocenters. The van der Waals surface area contributed by atoms with Gasteiger partial charge in [-0.3, -0.25) is 4.79 Å². The second kappa shape index (κ2) is 4.81. The summed E-state index contributed by atoms with van der Waals surface area (Å²) >= 11 is 1.67. The van der Waals surface area contributed by atoms with Crippen molar-refractivity contribution in [3.63, 3.8) is 0 Å². The molecule has 0 bridgehead atoms. The molecule has 2 aromatic carbocycles. The van der Waals surface area contributed by atoms with Crippen LogP contribution in [0.25, 0.3) is 10.1 Å². The molecule has 0 N–H and O–H groups in total. The Kier molecular flexibility index (Phi) is 2.93. The molecular formula is C19H16OS. The van der Waals surface area contributed by atoms with Crippen molar-refractivity contribution in [2.24, 2.45) is 0 Å². The summed E-state index contributed by atoms with van der Waals surface area (Å²) < 4.78 is 1.13. The fourth-order valence-corrected chi connectivity index (χ4v) is 4.27. The van der Waals surface area contributed by atoms with Gasteiger partial charge in [-0.15, -0.1) is 11.3 Å². The number of hydrogen-bond acceptors (Lipinski definition) is 2. The molecule has 1 aliphatic carbocycles. The molecule has 3 aromatic rings. The quantitative estimate of drug-likeness (QED) is 0.606. The average Bonchev–Trinajstić information content (AvgIpc) is 2.95. The number of hydrogen-bond donors (Lipinski definition) is 0. The van der Waals surface area contributed by atoms with Gasteiger partial charge >= 0.3 is 0 Å². The van der Waals surface area contributed by atoms with Crippen LogP contribution in [0.5, 0.6) is 0 Å². The smallest absolute Gasteiger partial charge is 0.174 e. The van der Waals surface area contributed by atoms with Gasteiger partial charge in [-0.1, -0.05) is 48.9 Å². The number of carbonyl (C=O) groups excluding carboxylic acids is 1. The first kappa shape index (κ1) is 12.8. The fraction of sp³-hybridized carbons (Fsp3) is 0.211. The van der Waals surface area contributed by atoms with Crippen molar-refractivity contribution >= 4 is 27.2 Å². The monoisotopic (exact) mass is 292 g/mol. The Morgan fingerprint density at radius 2 is 1.76 bits per heavy atom. The highest BCUT2D eigenvalue weighted by molar-refractivity contribution is 7.17. The molecule has 4 rings (SSSR count). The Hall–Kier alpha value is -1.93. The summed E-state index contributed by atoms with van der Waals surface area (Å²) in [7, 11) is 0. The predicted octanol–water partition coefficient (Wildman–Crippen LogP) is 5.21. The third-order valence-corrected chi connectivity index (χ3v) is 5.66. The second-order valence-corrected chi connectivity index (χ2v) is 6.69. The third kappa shape index (κ3) is 1.86. The molecule has 0 saturated heterocycles. The standard InChI is InChI=1S/C19H16OS/c20-18(16-9-4-6-14-10-13-21-17(14)16)19(11-5-12-19)15-7-2-1-3-8-15/h1-4,6-10,13H,5,11-12H2. The van der Waals surface area contributed by atoms with Crippen LogP contribution in [0.2, 0.25) is 0 Å². The maximum absolute atomic E-state index is 13.3. The second-order valence-electron chi connectivity index (χ2n) is 5.78. The van der Waals surface area contributed by atoms with Crippen LogP contribution in [-0.2, 0) is 5.41 Å². The average molecular weight is 292 g/mol. The molecule has 0 radical (unpaired) electrons. The van der Waals surface area contributed by atoms with Crippen molar-refractivity contribution in [1.29, 1.82) is 0 Å². The lowest BCUT2D eigenvalue weighted by Gasteiger charge is -2.41. The first-order chi connectivity index (χ1) is 10.3. The zero-order valence-electron chi connectivity index (χ0n) is 11.7. The molecule has 1 saturated carbocycles. The largest absolute Gasteiger partial charge is 0.293 e. The van der Waals surface area contributed by atoms with Gasteiger partial charge in [0.25, 0.3) is 0 Å². The van der Waals surface area contributed by atoms with Crippen LogP contribution in [0.3, 0.4) is 0 Å².